The molecule has 0 aliphatic heterocycles. The lowest BCUT2D eigenvalue weighted by atomic mass is 10.0. The molecule has 0 rings (SSSR count). The van der Waals surface area contributed by atoms with E-state index < -0.39 is 26.6 Å². The summed E-state index contributed by atoms with van der Waals surface area (Å²) in [6.07, 6.45) is 46.1. The van der Waals surface area contributed by atoms with Gasteiger partial charge in [-0.15, -0.1) is 0 Å². The highest BCUT2D eigenvalue weighted by Gasteiger charge is 2.23. The Balaban J connectivity index is 4.30. The zero-order valence-corrected chi connectivity index (χ0v) is 36.6. The van der Waals surface area contributed by atoms with Crippen LogP contribution in [0.3, 0.4) is 0 Å². The first kappa shape index (κ1) is 52.5. The number of hydrogen-bond donors (Lipinski definition) is 2. The SMILES string of the molecule is CC/C=C/CC/C=C/CC/C=C/C(O)C(COP(=O)([O-])OCC[N+](C)(C)C)NC(=O)CCCCCCCCC/C=C\CCCCCCCCCCCCC. The van der Waals surface area contributed by atoms with Crippen molar-refractivity contribution in [2.24, 2.45) is 0 Å². The molecule has 0 aromatic carbocycles. The third-order valence-electron chi connectivity index (χ3n) is 9.50. The third kappa shape index (κ3) is 38.7. The molecule has 9 heteroatoms. The minimum absolute atomic E-state index is 0.0112. The number of aliphatic hydroxyl groups excluding tert-OH is 1. The van der Waals surface area contributed by atoms with Crippen LogP contribution in [-0.2, 0) is 18.4 Å². The normalized spacial score (nSPS) is 14.9. The molecule has 3 atom stereocenters. The predicted octanol–water partition coefficient (Wildman–Crippen LogP) is 11.4. The Morgan fingerprint density at radius 1 is 0.648 bits per heavy atom. The Kier molecular flexibility index (Phi) is 36.0. The van der Waals surface area contributed by atoms with E-state index in [0.717, 1.165) is 51.4 Å². The second-order valence-corrected chi connectivity index (χ2v) is 17.4. The van der Waals surface area contributed by atoms with Crippen molar-refractivity contribution in [1.29, 1.82) is 0 Å². The van der Waals surface area contributed by atoms with Crippen molar-refractivity contribution in [3.8, 4) is 0 Å². The first-order valence-electron chi connectivity index (χ1n) is 22.0. The third-order valence-corrected chi connectivity index (χ3v) is 10.5. The average Bonchev–Trinajstić information content (AvgIpc) is 3.12. The number of allylic oxidation sites excluding steroid dienone is 7. The Morgan fingerprint density at radius 3 is 1.59 bits per heavy atom. The molecule has 0 spiro atoms. The summed E-state index contributed by atoms with van der Waals surface area (Å²) in [5.74, 6) is -0.220. The summed E-state index contributed by atoms with van der Waals surface area (Å²) in [4.78, 5) is 25.2. The van der Waals surface area contributed by atoms with Crippen molar-refractivity contribution in [2.75, 3.05) is 40.9 Å². The summed E-state index contributed by atoms with van der Waals surface area (Å²) < 4.78 is 23.1. The smallest absolute Gasteiger partial charge is 0.268 e. The molecular formula is C45H85N2O6P. The maximum Gasteiger partial charge on any atom is 0.268 e. The molecule has 0 bridgehead atoms. The number of carbonyl (C=O) groups excluding carboxylic acids is 1. The van der Waals surface area contributed by atoms with Crippen molar-refractivity contribution in [1.82, 2.24) is 5.32 Å². The Labute approximate surface area is 333 Å². The predicted molar refractivity (Wildman–Crippen MR) is 228 cm³/mol. The lowest BCUT2D eigenvalue weighted by molar-refractivity contribution is -0.870. The molecule has 0 heterocycles. The summed E-state index contributed by atoms with van der Waals surface area (Å²) in [6, 6.07) is -0.910. The van der Waals surface area contributed by atoms with Gasteiger partial charge in [-0.05, 0) is 64.2 Å². The number of nitrogens with zero attached hydrogens (tertiary/aromatic N) is 1. The molecule has 0 radical (unpaired) electrons. The van der Waals surface area contributed by atoms with Crippen LogP contribution in [0.25, 0.3) is 0 Å². The number of phosphoric ester groups is 1. The fourth-order valence-corrected chi connectivity index (χ4v) is 6.73. The number of rotatable bonds is 39. The Hall–Kier alpha value is -1.54. The van der Waals surface area contributed by atoms with E-state index >= 15 is 0 Å². The number of aliphatic hydroxyl groups is 1. The van der Waals surface area contributed by atoms with Crippen LogP contribution in [0.2, 0.25) is 0 Å². The summed E-state index contributed by atoms with van der Waals surface area (Å²) in [6.45, 7) is 4.48. The van der Waals surface area contributed by atoms with Crippen LogP contribution < -0.4 is 10.2 Å². The monoisotopic (exact) mass is 781 g/mol. The Bertz CT molecular complexity index is 1020. The minimum Gasteiger partial charge on any atom is -0.756 e. The molecule has 8 nitrogen and oxygen atoms in total. The largest absolute Gasteiger partial charge is 0.756 e. The van der Waals surface area contributed by atoms with Crippen LogP contribution in [0.4, 0.5) is 0 Å². The zero-order valence-electron chi connectivity index (χ0n) is 35.7. The summed E-state index contributed by atoms with van der Waals surface area (Å²) >= 11 is 0. The second kappa shape index (κ2) is 37.1. The topological polar surface area (TPSA) is 108 Å². The van der Waals surface area contributed by atoms with Gasteiger partial charge in [-0.3, -0.25) is 9.36 Å². The van der Waals surface area contributed by atoms with Crippen molar-refractivity contribution in [3.63, 3.8) is 0 Å². The van der Waals surface area contributed by atoms with E-state index in [1.54, 1.807) is 6.08 Å². The van der Waals surface area contributed by atoms with Gasteiger partial charge in [0.05, 0.1) is 39.9 Å². The van der Waals surface area contributed by atoms with Gasteiger partial charge in [0.2, 0.25) is 5.91 Å². The molecule has 0 aromatic rings. The average molecular weight is 781 g/mol. The molecule has 0 fully saturated rings. The number of phosphoric acid groups is 1. The van der Waals surface area contributed by atoms with Crippen LogP contribution in [-0.4, -0.2) is 68.5 Å². The molecule has 3 unspecified atom stereocenters. The van der Waals surface area contributed by atoms with Crippen LogP contribution in [0.5, 0.6) is 0 Å². The molecule has 1 amide bonds. The number of hydrogen-bond acceptors (Lipinski definition) is 6. The molecule has 0 aliphatic rings. The lowest BCUT2D eigenvalue weighted by Gasteiger charge is -2.29. The molecule has 2 N–H and O–H groups in total. The highest BCUT2D eigenvalue weighted by Crippen LogP contribution is 2.38. The first-order valence-corrected chi connectivity index (χ1v) is 23.5. The lowest BCUT2D eigenvalue weighted by Crippen LogP contribution is -2.45. The van der Waals surface area contributed by atoms with E-state index in [-0.39, 0.29) is 12.5 Å². The fourth-order valence-electron chi connectivity index (χ4n) is 6.01. The van der Waals surface area contributed by atoms with Gasteiger partial charge in [0.1, 0.15) is 13.2 Å². The van der Waals surface area contributed by atoms with Crippen LogP contribution in [0.1, 0.15) is 181 Å². The molecule has 0 saturated heterocycles. The highest BCUT2D eigenvalue weighted by atomic mass is 31.2. The van der Waals surface area contributed by atoms with Crippen molar-refractivity contribution >= 4 is 13.7 Å². The quantitative estimate of drug-likeness (QED) is 0.0278. The van der Waals surface area contributed by atoms with Gasteiger partial charge in [-0.2, -0.15) is 0 Å². The second-order valence-electron chi connectivity index (χ2n) is 16.0. The molecule has 316 valence electrons. The van der Waals surface area contributed by atoms with Gasteiger partial charge >= 0.3 is 0 Å². The number of quaternary nitrogens is 1. The molecular weight excluding hydrogens is 695 g/mol. The van der Waals surface area contributed by atoms with Crippen LogP contribution >= 0.6 is 7.82 Å². The number of amides is 1. The van der Waals surface area contributed by atoms with E-state index in [1.807, 2.05) is 27.2 Å². The van der Waals surface area contributed by atoms with E-state index in [4.69, 9.17) is 9.05 Å². The minimum atomic E-state index is -4.59. The molecule has 0 saturated carbocycles. The number of carbonyl (C=O) groups is 1. The van der Waals surface area contributed by atoms with Gasteiger partial charge in [0, 0.05) is 6.42 Å². The molecule has 0 aliphatic carbocycles. The van der Waals surface area contributed by atoms with E-state index in [2.05, 4.69) is 55.6 Å². The maximum absolute atomic E-state index is 12.8. The highest BCUT2D eigenvalue weighted by molar-refractivity contribution is 7.45. The number of likely N-dealkylation sites (N-methyl/N-ethyl adjacent to an activating group) is 1. The van der Waals surface area contributed by atoms with Gasteiger partial charge in [-0.1, -0.05) is 159 Å². The van der Waals surface area contributed by atoms with E-state index in [1.165, 1.54) is 109 Å². The number of nitrogens with one attached hydrogen (secondary N) is 1. The Morgan fingerprint density at radius 2 is 1.09 bits per heavy atom. The zero-order chi connectivity index (χ0) is 40.0. The van der Waals surface area contributed by atoms with Crippen molar-refractivity contribution < 1.29 is 32.9 Å². The summed E-state index contributed by atoms with van der Waals surface area (Å²) in [5, 5.41) is 13.7. The van der Waals surface area contributed by atoms with E-state index in [9.17, 15) is 19.4 Å². The maximum atomic E-state index is 12.8. The molecule has 0 aromatic heterocycles. The standard InChI is InChI=1S/C45H85N2O6P/c1-6-8-10-12-14-16-18-19-20-21-22-23-24-25-26-27-28-29-31-33-35-37-39-45(49)46-43(42-53-54(50,51)52-41-40-47(3,4)5)44(48)38-36-34-32-30-17-15-13-11-9-7-2/h9,11,17,24-25,30,36,38,43-44,48H,6-8,10,12-16,18-23,26-29,31-35,37,39-42H2,1-5H3,(H-,46,49,50,51)/b11-9+,25-24-,30-17+,38-36+. The molecule has 54 heavy (non-hydrogen) atoms. The van der Waals surface area contributed by atoms with Crippen LogP contribution in [0.15, 0.2) is 48.6 Å². The van der Waals surface area contributed by atoms with Crippen molar-refractivity contribution in [2.45, 2.75) is 193 Å². The fraction of sp³-hybridized carbons (Fsp3) is 0.800. The summed E-state index contributed by atoms with van der Waals surface area (Å²) in [5.41, 5.74) is 0. The van der Waals surface area contributed by atoms with Gasteiger partial charge < -0.3 is 28.8 Å². The van der Waals surface area contributed by atoms with E-state index in [0.29, 0.717) is 17.4 Å². The van der Waals surface area contributed by atoms with Gasteiger partial charge in [0.15, 0.2) is 0 Å². The van der Waals surface area contributed by atoms with Crippen LogP contribution in [0, 0.1) is 0 Å². The first-order chi connectivity index (χ1) is 26.0. The number of unbranched alkanes of at least 4 members (excludes halogenated alkanes) is 20. The van der Waals surface area contributed by atoms with Crippen molar-refractivity contribution in [3.05, 3.63) is 48.6 Å². The van der Waals surface area contributed by atoms with Gasteiger partial charge in [-0.25, -0.2) is 0 Å². The van der Waals surface area contributed by atoms with Gasteiger partial charge in [0.25, 0.3) is 7.82 Å². The summed E-state index contributed by atoms with van der Waals surface area (Å²) in [7, 11) is 1.22.